The molecule has 0 radical (unpaired) electrons. The quantitative estimate of drug-likeness (QED) is 0.893. The monoisotopic (exact) mass is 356 g/mol. The number of nitrogens with two attached hydrogens (primary N) is 1. The minimum Gasteiger partial charge on any atom is -0.336 e. The standard InChI is InChI=1S/C16H22BrFN2O/c1-2-10-20(12-8-6-11(19)7-9-12)16(21)13-4-3-5-14(17)15(13)18/h3-5,11-12H,2,6-10,19H2,1H3. The highest BCUT2D eigenvalue weighted by Crippen LogP contribution is 2.26. The SMILES string of the molecule is CCCN(C(=O)c1cccc(Br)c1F)C1CCC(N)CC1. The molecule has 21 heavy (non-hydrogen) atoms. The van der Waals surface area contributed by atoms with Gasteiger partial charge in [-0.2, -0.15) is 0 Å². The minimum atomic E-state index is -0.476. The van der Waals surface area contributed by atoms with E-state index in [0.29, 0.717) is 11.0 Å². The zero-order chi connectivity index (χ0) is 15.4. The second-order valence-corrected chi connectivity index (χ2v) is 6.52. The second-order valence-electron chi connectivity index (χ2n) is 5.67. The molecule has 1 aromatic carbocycles. The van der Waals surface area contributed by atoms with Crippen LogP contribution in [0.1, 0.15) is 49.4 Å². The topological polar surface area (TPSA) is 46.3 Å². The Labute approximate surface area is 133 Å². The van der Waals surface area contributed by atoms with Crippen molar-refractivity contribution in [1.29, 1.82) is 0 Å². The highest BCUT2D eigenvalue weighted by atomic mass is 79.9. The van der Waals surface area contributed by atoms with Gasteiger partial charge in [0.2, 0.25) is 0 Å². The van der Waals surface area contributed by atoms with E-state index in [1.807, 2.05) is 11.8 Å². The number of carbonyl (C=O) groups is 1. The average molecular weight is 357 g/mol. The first-order chi connectivity index (χ1) is 10.0. The van der Waals surface area contributed by atoms with Crippen LogP contribution in [0.25, 0.3) is 0 Å². The summed E-state index contributed by atoms with van der Waals surface area (Å²) in [6.45, 7) is 2.69. The van der Waals surface area contributed by atoms with Crippen LogP contribution in [0.4, 0.5) is 4.39 Å². The van der Waals surface area contributed by atoms with E-state index in [-0.39, 0.29) is 23.6 Å². The van der Waals surface area contributed by atoms with Gasteiger partial charge in [0.15, 0.2) is 0 Å². The van der Waals surface area contributed by atoms with Gasteiger partial charge < -0.3 is 10.6 Å². The molecule has 1 amide bonds. The molecule has 2 rings (SSSR count). The molecule has 3 nitrogen and oxygen atoms in total. The first-order valence-corrected chi connectivity index (χ1v) is 8.34. The summed E-state index contributed by atoms with van der Waals surface area (Å²) < 4.78 is 14.5. The predicted molar refractivity (Wildman–Crippen MR) is 85.7 cm³/mol. The van der Waals surface area contributed by atoms with Crippen molar-refractivity contribution in [2.75, 3.05) is 6.54 Å². The lowest BCUT2D eigenvalue weighted by molar-refractivity contribution is 0.0622. The molecule has 5 heteroatoms. The molecule has 1 aliphatic rings. The number of benzene rings is 1. The first kappa shape index (κ1) is 16.4. The lowest BCUT2D eigenvalue weighted by Crippen LogP contribution is -2.44. The van der Waals surface area contributed by atoms with Crippen molar-refractivity contribution < 1.29 is 9.18 Å². The Bertz CT molecular complexity index is 501. The van der Waals surface area contributed by atoms with Crippen molar-refractivity contribution in [1.82, 2.24) is 4.90 Å². The minimum absolute atomic E-state index is 0.146. The fraction of sp³-hybridized carbons (Fsp3) is 0.562. The van der Waals surface area contributed by atoms with Gasteiger partial charge in [-0.1, -0.05) is 13.0 Å². The maximum absolute atomic E-state index is 14.2. The summed E-state index contributed by atoms with van der Waals surface area (Å²) in [7, 11) is 0. The first-order valence-electron chi connectivity index (χ1n) is 7.55. The summed E-state index contributed by atoms with van der Waals surface area (Å²) in [6.07, 6.45) is 4.53. The van der Waals surface area contributed by atoms with Gasteiger partial charge in [0.25, 0.3) is 5.91 Å². The number of carbonyl (C=O) groups excluding carboxylic acids is 1. The molecule has 1 aromatic rings. The Balaban J connectivity index is 2.21. The van der Waals surface area contributed by atoms with Crippen LogP contribution in [0.3, 0.4) is 0 Å². The Morgan fingerprint density at radius 2 is 2.05 bits per heavy atom. The molecule has 1 saturated carbocycles. The summed E-state index contributed by atoms with van der Waals surface area (Å²) in [5.74, 6) is -0.688. The highest BCUT2D eigenvalue weighted by Gasteiger charge is 2.29. The van der Waals surface area contributed by atoms with E-state index in [1.165, 1.54) is 0 Å². The Hall–Kier alpha value is -0.940. The fourth-order valence-electron chi connectivity index (χ4n) is 2.93. The molecule has 0 saturated heterocycles. The average Bonchev–Trinajstić information content (AvgIpc) is 2.48. The van der Waals surface area contributed by atoms with Gasteiger partial charge in [-0.3, -0.25) is 4.79 Å². The molecule has 1 aliphatic carbocycles. The third kappa shape index (κ3) is 3.83. The largest absolute Gasteiger partial charge is 0.336 e. The third-order valence-electron chi connectivity index (χ3n) is 4.09. The second kappa shape index (κ2) is 7.36. The molecular weight excluding hydrogens is 335 g/mol. The van der Waals surface area contributed by atoms with Crippen LogP contribution < -0.4 is 5.73 Å². The van der Waals surface area contributed by atoms with Gasteiger partial charge in [-0.05, 0) is 60.2 Å². The molecule has 0 unspecified atom stereocenters. The van der Waals surface area contributed by atoms with E-state index in [0.717, 1.165) is 32.1 Å². The van der Waals surface area contributed by atoms with Crippen LogP contribution in [-0.4, -0.2) is 29.4 Å². The fourth-order valence-corrected chi connectivity index (χ4v) is 3.29. The van der Waals surface area contributed by atoms with Crippen LogP contribution in [-0.2, 0) is 0 Å². The third-order valence-corrected chi connectivity index (χ3v) is 4.70. The molecular formula is C16H22BrFN2O. The zero-order valence-electron chi connectivity index (χ0n) is 12.3. The van der Waals surface area contributed by atoms with Crippen LogP contribution >= 0.6 is 15.9 Å². The van der Waals surface area contributed by atoms with Gasteiger partial charge in [-0.15, -0.1) is 0 Å². The van der Waals surface area contributed by atoms with Crippen molar-refractivity contribution in [3.8, 4) is 0 Å². The van der Waals surface area contributed by atoms with Crippen molar-refractivity contribution in [3.63, 3.8) is 0 Å². The van der Waals surface area contributed by atoms with E-state index in [2.05, 4.69) is 15.9 Å². The molecule has 0 bridgehead atoms. The van der Waals surface area contributed by atoms with Crippen molar-refractivity contribution in [3.05, 3.63) is 34.1 Å². The number of halogens is 2. The van der Waals surface area contributed by atoms with E-state index >= 15 is 0 Å². The molecule has 2 N–H and O–H groups in total. The van der Waals surface area contributed by atoms with Gasteiger partial charge >= 0.3 is 0 Å². The normalized spacial score (nSPS) is 22.1. The summed E-state index contributed by atoms with van der Waals surface area (Å²) in [6, 6.07) is 5.27. The van der Waals surface area contributed by atoms with Gasteiger partial charge in [0.05, 0.1) is 10.0 Å². The van der Waals surface area contributed by atoms with Gasteiger partial charge in [0.1, 0.15) is 5.82 Å². The number of nitrogens with zero attached hydrogens (tertiary/aromatic N) is 1. The zero-order valence-corrected chi connectivity index (χ0v) is 13.9. The molecule has 0 aliphatic heterocycles. The number of hydrogen-bond acceptors (Lipinski definition) is 2. The molecule has 1 fully saturated rings. The Morgan fingerprint density at radius 3 is 2.67 bits per heavy atom. The van der Waals surface area contributed by atoms with E-state index in [1.54, 1.807) is 18.2 Å². The van der Waals surface area contributed by atoms with Gasteiger partial charge in [-0.25, -0.2) is 4.39 Å². The molecule has 116 valence electrons. The number of rotatable bonds is 4. The lowest BCUT2D eigenvalue weighted by Gasteiger charge is -2.36. The van der Waals surface area contributed by atoms with Crippen molar-refractivity contribution in [2.45, 2.75) is 51.1 Å². The number of amides is 1. The molecule has 0 aromatic heterocycles. The maximum atomic E-state index is 14.2. The molecule has 0 spiro atoms. The number of hydrogen-bond donors (Lipinski definition) is 1. The van der Waals surface area contributed by atoms with E-state index < -0.39 is 5.82 Å². The summed E-state index contributed by atoms with van der Waals surface area (Å²) in [5.41, 5.74) is 6.08. The highest BCUT2D eigenvalue weighted by molar-refractivity contribution is 9.10. The van der Waals surface area contributed by atoms with Gasteiger partial charge in [0, 0.05) is 18.6 Å². The van der Waals surface area contributed by atoms with E-state index in [4.69, 9.17) is 5.73 Å². The van der Waals surface area contributed by atoms with Crippen LogP contribution in [0.2, 0.25) is 0 Å². The van der Waals surface area contributed by atoms with Crippen molar-refractivity contribution in [2.24, 2.45) is 5.73 Å². The van der Waals surface area contributed by atoms with Crippen molar-refractivity contribution >= 4 is 21.8 Å². The summed E-state index contributed by atoms with van der Waals surface area (Å²) >= 11 is 3.14. The van der Waals surface area contributed by atoms with E-state index in [9.17, 15) is 9.18 Å². The Kier molecular flexibility index (Phi) is 5.76. The van der Waals surface area contributed by atoms with Crippen LogP contribution in [0.5, 0.6) is 0 Å². The maximum Gasteiger partial charge on any atom is 0.257 e. The lowest BCUT2D eigenvalue weighted by atomic mass is 9.90. The Morgan fingerprint density at radius 1 is 1.38 bits per heavy atom. The smallest absolute Gasteiger partial charge is 0.257 e. The summed E-state index contributed by atoms with van der Waals surface area (Å²) in [5, 5.41) is 0. The molecule has 0 atom stereocenters. The predicted octanol–water partition coefficient (Wildman–Crippen LogP) is 3.71. The summed E-state index contributed by atoms with van der Waals surface area (Å²) in [4.78, 5) is 14.6. The van der Waals surface area contributed by atoms with Crippen LogP contribution in [0, 0.1) is 5.82 Å². The van der Waals surface area contributed by atoms with Crippen LogP contribution in [0.15, 0.2) is 22.7 Å². The molecule has 0 heterocycles.